The molecule has 2 rings (SSSR count). The highest BCUT2D eigenvalue weighted by Crippen LogP contribution is 2.20. The number of rotatable bonds is 2. The number of hydrogen-bond acceptors (Lipinski definition) is 5. The van der Waals surface area contributed by atoms with Gasteiger partial charge in [-0.25, -0.2) is 4.98 Å². The molecule has 1 aliphatic rings. The van der Waals surface area contributed by atoms with Gasteiger partial charge < -0.3 is 15.4 Å². The molecule has 0 aliphatic carbocycles. The van der Waals surface area contributed by atoms with Gasteiger partial charge in [-0.15, -0.1) is 0 Å². The zero-order chi connectivity index (χ0) is 9.97. The Balaban J connectivity index is 2.11. The lowest BCUT2D eigenvalue weighted by molar-refractivity contribution is 0.0996. The number of primary amides is 1. The van der Waals surface area contributed by atoms with Crippen molar-refractivity contribution >= 4 is 22.4 Å². The summed E-state index contributed by atoms with van der Waals surface area (Å²) in [7, 11) is 0. The molecule has 1 fully saturated rings. The largest absolute Gasteiger partial charge is 0.378 e. The molecule has 0 saturated carbocycles. The van der Waals surface area contributed by atoms with Crippen LogP contribution in [0.25, 0.3) is 0 Å². The van der Waals surface area contributed by atoms with Crippen LogP contribution in [0.4, 0.5) is 5.13 Å². The van der Waals surface area contributed by atoms with E-state index in [-0.39, 0.29) is 5.69 Å². The molecule has 1 aromatic heterocycles. The van der Waals surface area contributed by atoms with E-state index in [1.807, 2.05) is 0 Å². The number of ether oxygens (including phenoxy) is 1. The molecule has 1 aromatic rings. The number of carbonyl (C=O) groups excluding carboxylic acids is 1. The van der Waals surface area contributed by atoms with E-state index in [0.717, 1.165) is 18.2 Å². The van der Waals surface area contributed by atoms with Gasteiger partial charge in [0.25, 0.3) is 5.91 Å². The van der Waals surface area contributed by atoms with E-state index >= 15 is 0 Å². The number of nitrogens with two attached hydrogens (primary N) is 1. The first-order valence-corrected chi connectivity index (χ1v) is 5.10. The number of anilines is 1. The second kappa shape index (κ2) is 3.93. The number of aromatic nitrogens is 1. The zero-order valence-electron chi connectivity index (χ0n) is 7.52. The molecule has 0 aromatic carbocycles. The molecule has 2 heterocycles. The van der Waals surface area contributed by atoms with E-state index in [0.29, 0.717) is 13.2 Å². The first-order chi connectivity index (χ1) is 6.77. The minimum absolute atomic E-state index is 0.219. The lowest BCUT2D eigenvalue weighted by Crippen LogP contribution is -2.36. The van der Waals surface area contributed by atoms with Crippen LogP contribution in [0, 0.1) is 5.38 Å². The van der Waals surface area contributed by atoms with Crippen molar-refractivity contribution in [1.82, 2.24) is 4.98 Å². The van der Waals surface area contributed by atoms with Crippen LogP contribution in [0.15, 0.2) is 0 Å². The molecule has 6 heteroatoms. The highest BCUT2D eigenvalue weighted by Gasteiger charge is 2.16. The molecule has 2 N–H and O–H groups in total. The van der Waals surface area contributed by atoms with Crippen molar-refractivity contribution in [3.8, 4) is 0 Å². The third-order valence-corrected chi connectivity index (χ3v) is 2.79. The maximum Gasteiger partial charge on any atom is 0.268 e. The Hall–Kier alpha value is -1.14. The number of nitrogens with zero attached hydrogens (tertiary/aromatic N) is 2. The van der Waals surface area contributed by atoms with Crippen LogP contribution in [0.2, 0.25) is 0 Å². The van der Waals surface area contributed by atoms with Crippen LogP contribution in [0.5, 0.6) is 0 Å². The van der Waals surface area contributed by atoms with E-state index < -0.39 is 5.91 Å². The second-order valence-electron chi connectivity index (χ2n) is 2.91. The van der Waals surface area contributed by atoms with Gasteiger partial charge in [-0.3, -0.25) is 4.79 Å². The van der Waals surface area contributed by atoms with Gasteiger partial charge in [0, 0.05) is 13.1 Å². The summed E-state index contributed by atoms with van der Waals surface area (Å²) in [4.78, 5) is 16.9. The summed E-state index contributed by atoms with van der Waals surface area (Å²) in [6.07, 6.45) is 0. The van der Waals surface area contributed by atoms with Gasteiger partial charge in [-0.05, 0) is 0 Å². The quantitative estimate of drug-likeness (QED) is 0.742. The molecular formula is C8H10N3O2S. The number of thiazole rings is 1. The van der Waals surface area contributed by atoms with Crippen LogP contribution in [0.3, 0.4) is 0 Å². The summed E-state index contributed by atoms with van der Waals surface area (Å²) >= 11 is 1.32. The molecule has 0 atom stereocenters. The van der Waals surface area contributed by atoms with Crippen molar-refractivity contribution in [2.24, 2.45) is 5.73 Å². The number of morpholine rings is 1. The maximum absolute atomic E-state index is 10.8. The fourth-order valence-electron chi connectivity index (χ4n) is 1.23. The lowest BCUT2D eigenvalue weighted by Gasteiger charge is -2.25. The minimum Gasteiger partial charge on any atom is -0.378 e. The van der Waals surface area contributed by atoms with E-state index in [4.69, 9.17) is 10.5 Å². The highest BCUT2D eigenvalue weighted by atomic mass is 32.1. The van der Waals surface area contributed by atoms with E-state index in [1.54, 1.807) is 0 Å². The average Bonchev–Trinajstić information content (AvgIpc) is 2.68. The first kappa shape index (κ1) is 9.42. The van der Waals surface area contributed by atoms with Gasteiger partial charge in [-0.1, -0.05) is 11.3 Å². The Morgan fingerprint density at radius 1 is 1.57 bits per heavy atom. The minimum atomic E-state index is -0.527. The van der Waals surface area contributed by atoms with E-state index in [1.165, 1.54) is 11.3 Å². The van der Waals surface area contributed by atoms with E-state index in [9.17, 15) is 4.79 Å². The van der Waals surface area contributed by atoms with Gasteiger partial charge >= 0.3 is 0 Å². The molecule has 0 bridgehead atoms. The van der Waals surface area contributed by atoms with Gasteiger partial charge in [0.2, 0.25) is 0 Å². The second-order valence-corrected chi connectivity index (χ2v) is 3.68. The molecule has 0 unspecified atom stereocenters. The third-order valence-electron chi connectivity index (χ3n) is 1.96. The number of carbonyl (C=O) groups is 1. The zero-order valence-corrected chi connectivity index (χ0v) is 8.34. The standard InChI is InChI=1S/C8H10N3O2S/c9-7(12)6-5-14-8(10-6)11-1-3-13-4-2-11/h1-4H2,(H2,9,12). The molecule has 1 radical (unpaired) electrons. The topological polar surface area (TPSA) is 68.5 Å². The molecule has 1 amide bonds. The number of hydrogen-bond donors (Lipinski definition) is 1. The van der Waals surface area contributed by atoms with Crippen LogP contribution >= 0.6 is 11.3 Å². The SMILES string of the molecule is NC(=O)c1[c]sc(N2CCOCC2)n1. The predicted octanol–water partition coefficient (Wildman–Crippen LogP) is -0.121. The lowest BCUT2D eigenvalue weighted by atomic mass is 10.4. The summed E-state index contributed by atoms with van der Waals surface area (Å²) in [6, 6.07) is 0. The molecule has 1 saturated heterocycles. The summed E-state index contributed by atoms with van der Waals surface area (Å²) in [5, 5.41) is 3.57. The van der Waals surface area contributed by atoms with Crippen LogP contribution in [-0.2, 0) is 4.74 Å². The molecule has 5 nitrogen and oxygen atoms in total. The van der Waals surface area contributed by atoms with Crippen molar-refractivity contribution in [3.05, 3.63) is 11.1 Å². The predicted molar refractivity (Wildman–Crippen MR) is 52.5 cm³/mol. The van der Waals surface area contributed by atoms with E-state index in [2.05, 4.69) is 15.3 Å². The van der Waals surface area contributed by atoms with Crippen molar-refractivity contribution in [2.45, 2.75) is 0 Å². The van der Waals surface area contributed by atoms with Crippen LogP contribution in [0.1, 0.15) is 10.5 Å². The fraction of sp³-hybridized carbons (Fsp3) is 0.500. The van der Waals surface area contributed by atoms with Crippen LogP contribution < -0.4 is 10.6 Å². The third kappa shape index (κ3) is 1.85. The summed E-state index contributed by atoms with van der Waals surface area (Å²) < 4.78 is 5.21. The monoisotopic (exact) mass is 212 g/mol. The summed E-state index contributed by atoms with van der Waals surface area (Å²) in [6.45, 7) is 3.01. The Bertz CT molecular complexity index is 333. The van der Waals surface area contributed by atoms with Crippen LogP contribution in [-0.4, -0.2) is 37.2 Å². The van der Waals surface area contributed by atoms with Gasteiger partial charge in [-0.2, -0.15) is 0 Å². The smallest absolute Gasteiger partial charge is 0.268 e. The van der Waals surface area contributed by atoms with Crippen molar-refractivity contribution in [3.63, 3.8) is 0 Å². The normalized spacial score (nSPS) is 17.0. The van der Waals surface area contributed by atoms with Crippen molar-refractivity contribution in [2.75, 3.05) is 31.2 Å². The molecule has 1 aliphatic heterocycles. The van der Waals surface area contributed by atoms with Crippen molar-refractivity contribution in [1.29, 1.82) is 0 Å². The Morgan fingerprint density at radius 2 is 2.29 bits per heavy atom. The van der Waals surface area contributed by atoms with Crippen molar-refractivity contribution < 1.29 is 9.53 Å². The maximum atomic E-state index is 10.8. The summed E-state index contributed by atoms with van der Waals surface area (Å²) in [5.41, 5.74) is 5.31. The van der Waals surface area contributed by atoms with Gasteiger partial charge in [0.05, 0.1) is 18.6 Å². The molecular weight excluding hydrogens is 202 g/mol. The summed E-state index contributed by atoms with van der Waals surface area (Å²) in [5.74, 6) is -0.527. The Morgan fingerprint density at radius 3 is 2.86 bits per heavy atom. The highest BCUT2D eigenvalue weighted by molar-refractivity contribution is 7.13. The average molecular weight is 212 g/mol. The van der Waals surface area contributed by atoms with Gasteiger partial charge in [0.1, 0.15) is 5.69 Å². The number of amides is 1. The molecule has 75 valence electrons. The van der Waals surface area contributed by atoms with Gasteiger partial charge in [0.15, 0.2) is 5.13 Å². The first-order valence-electron chi connectivity index (χ1n) is 4.28. The molecule has 0 spiro atoms. The Kier molecular flexibility index (Phi) is 2.64. The Labute approximate surface area is 85.5 Å². The fourth-order valence-corrected chi connectivity index (χ4v) is 2.01. The molecule has 14 heavy (non-hydrogen) atoms.